The number of hydrogen-bond acceptors (Lipinski definition) is 4. The summed E-state index contributed by atoms with van der Waals surface area (Å²) in [6, 6.07) is 0. The molecular weight excluding hydrogens is 180 g/mol. The van der Waals surface area contributed by atoms with E-state index in [1.54, 1.807) is 0 Å². The summed E-state index contributed by atoms with van der Waals surface area (Å²) in [4.78, 5) is 15.2. The number of carbonyl (C=O) groups is 1. The lowest BCUT2D eigenvalue weighted by Gasteiger charge is -2.16. The third-order valence-electron chi connectivity index (χ3n) is 2.03. The predicted octanol–water partition coefficient (Wildman–Crippen LogP) is 1.01. The van der Waals surface area contributed by atoms with Crippen LogP contribution in [0.2, 0.25) is 0 Å². The molecule has 0 spiro atoms. The van der Waals surface area contributed by atoms with Crippen molar-refractivity contribution in [1.82, 2.24) is 9.80 Å². The molecule has 0 fully saturated rings. The standard InChI is InChI=1S/C10H18N2O2/c1-3-4-7-14-10(13)8-12-6-5-11(2)9-12/h5-6H,3-4,7-9H2,1-2H3. The van der Waals surface area contributed by atoms with Gasteiger partial charge in [-0.1, -0.05) is 13.3 Å². The molecule has 0 aromatic rings. The first-order valence-electron chi connectivity index (χ1n) is 5.00. The van der Waals surface area contributed by atoms with Crippen molar-refractivity contribution in [1.29, 1.82) is 0 Å². The van der Waals surface area contributed by atoms with Crippen LogP contribution < -0.4 is 0 Å². The van der Waals surface area contributed by atoms with Crippen LogP contribution in [0.3, 0.4) is 0 Å². The number of carbonyl (C=O) groups excluding carboxylic acids is 1. The van der Waals surface area contributed by atoms with E-state index < -0.39 is 0 Å². The number of ether oxygens (including phenoxy) is 1. The minimum atomic E-state index is -0.140. The molecule has 0 saturated heterocycles. The zero-order valence-corrected chi connectivity index (χ0v) is 8.90. The summed E-state index contributed by atoms with van der Waals surface area (Å²) >= 11 is 0. The Morgan fingerprint density at radius 2 is 2.29 bits per heavy atom. The molecule has 1 aliphatic heterocycles. The third kappa shape index (κ3) is 3.68. The van der Waals surface area contributed by atoms with Crippen LogP contribution in [0.25, 0.3) is 0 Å². The van der Waals surface area contributed by atoms with Crippen LogP contribution in [-0.4, -0.2) is 42.6 Å². The molecule has 0 N–H and O–H groups in total. The summed E-state index contributed by atoms with van der Waals surface area (Å²) in [7, 11) is 1.97. The SMILES string of the molecule is CCCCOC(=O)CN1C=CN(C)C1. The Morgan fingerprint density at radius 1 is 1.50 bits per heavy atom. The van der Waals surface area contributed by atoms with Crippen LogP contribution in [0, 0.1) is 0 Å². The van der Waals surface area contributed by atoms with E-state index >= 15 is 0 Å². The van der Waals surface area contributed by atoms with Gasteiger partial charge in [-0.15, -0.1) is 0 Å². The lowest BCUT2D eigenvalue weighted by Crippen LogP contribution is -2.29. The summed E-state index contributed by atoms with van der Waals surface area (Å²) in [5.41, 5.74) is 0. The van der Waals surface area contributed by atoms with Crippen molar-refractivity contribution in [3.05, 3.63) is 12.4 Å². The smallest absolute Gasteiger partial charge is 0.325 e. The first-order chi connectivity index (χ1) is 6.72. The summed E-state index contributed by atoms with van der Waals surface area (Å²) in [6.45, 7) is 3.74. The average Bonchev–Trinajstić information content (AvgIpc) is 2.52. The highest BCUT2D eigenvalue weighted by molar-refractivity contribution is 5.71. The highest BCUT2D eigenvalue weighted by atomic mass is 16.5. The molecule has 1 rings (SSSR count). The van der Waals surface area contributed by atoms with Crippen LogP contribution in [0.15, 0.2) is 12.4 Å². The van der Waals surface area contributed by atoms with Gasteiger partial charge in [0.05, 0.1) is 13.3 Å². The maximum absolute atomic E-state index is 11.3. The van der Waals surface area contributed by atoms with E-state index in [4.69, 9.17) is 4.74 Å². The molecule has 4 heteroatoms. The molecule has 4 nitrogen and oxygen atoms in total. The van der Waals surface area contributed by atoms with Crippen molar-refractivity contribution in [3.8, 4) is 0 Å². The van der Waals surface area contributed by atoms with Crippen molar-refractivity contribution in [2.45, 2.75) is 19.8 Å². The molecule has 0 unspecified atom stereocenters. The van der Waals surface area contributed by atoms with Crippen molar-refractivity contribution in [2.75, 3.05) is 26.9 Å². The van der Waals surface area contributed by atoms with E-state index in [1.165, 1.54) is 0 Å². The van der Waals surface area contributed by atoms with E-state index in [2.05, 4.69) is 6.92 Å². The zero-order valence-electron chi connectivity index (χ0n) is 8.90. The Balaban J connectivity index is 2.12. The van der Waals surface area contributed by atoms with Crippen molar-refractivity contribution in [2.24, 2.45) is 0 Å². The first-order valence-corrected chi connectivity index (χ1v) is 5.00. The Bertz CT molecular complexity index is 216. The molecule has 1 heterocycles. The zero-order chi connectivity index (χ0) is 10.4. The third-order valence-corrected chi connectivity index (χ3v) is 2.03. The number of rotatable bonds is 5. The Hall–Kier alpha value is -1.19. The molecule has 0 atom stereocenters. The highest BCUT2D eigenvalue weighted by Crippen LogP contribution is 2.03. The molecule has 80 valence electrons. The second-order valence-corrected chi connectivity index (χ2v) is 3.52. The normalized spacial score (nSPS) is 15.0. The number of nitrogens with zero attached hydrogens (tertiary/aromatic N) is 2. The fraction of sp³-hybridized carbons (Fsp3) is 0.700. The monoisotopic (exact) mass is 198 g/mol. The minimum Gasteiger partial charge on any atom is -0.464 e. The number of unbranched alkanes of at least 4 members (excludes halogenated alkanes) is 1. The molecule has 0 aliphatic carbocycles. The van der Waals surface area contributed by atoms with Gasteiger partial charge in [0.25, 0.3) is 0 Å². The van der Waals surface area contributed by atoms with Crippen LogP contribution in [0.1, 0.15) is 19.8 Å². The summed E-state index contributed by atoms with van der Waals surface area (Å²) in [5, 5.41) is 0. The molecule has 0 bridgehead atoms. The maximum atomic E-state index is 11.3. The quantitative estimate of drug-likeness (QED) is 0.487. The molecule has 14 heavy (non-hydrogen) atoms. The van der Waals surface area contributed by atoms with E-state index in [0.29, 0.717) is 13.2 Å². The van der Waals surface area contributed by atoms with Gasteiger partial charge < -0.3 is 14.5 Å². The van der Waals surface area contributed by atoms with Crippen molar-refractivity contribution >= 4 is 5.97 Å². The largest absolute Gasteiger partial charge is 0.464 e. The summed E-state index contributed by atoms with van der Waals surface area (Å²) in [6.07, 6.45) is 5.85. The van der Waals surface area contributed by atoms with Gasteiger partial charge in [-0.3, -0.25) is 4.79 Å². The van der Waals surface area contributed by atoms with Gasteiger partial charge in [0.15, 0.2) is 0 Å². The Morgan fingerprint density at radius 3 is 2.86 bits per heavy atom. The van der Waals surface area contributed by atoms with Crippen LogP contribution in [-0.2, 0) is 9.53 Å². The van der Waals surface area contributed by atoms with E-state index in [9.17, 15) is 4.79 Å². The van der Waals surface area contributed by atoms with Gasteiger partial charge in [-0.25, -0.2) is 0 Å². The maximum Gasteiger partial charge on any atom is 0.325 e. The van der Waals surface area contributed by atoms with Crippen LogP contribution in [0.4, 0.5) is 0 Å². The minimum absolute atomic E-state index is 0.140. The second kappa shape index (κ2) is 5.52. The lowest BCUT2D eigenvalue weighted by molar-refractivity contribution is -0.144. The summed E-state index contributed by atoms with van der Waals surface area (Å²) < 4.78 is 5.05. The number of hydrogen-bond donors (Lipinski definition) is 0. The topological polar surface area (TPSA) is 32.8 Å². The number of esters is 1. The van der Waals surface area contributed by atoms with Gasteiger partial charge >= 0.3 is 5.97 Å². The molecular formula is C10H18N2O2. The lowest BCUT2D eigenvalue weighted by atomic mass is 10.4. The summed E-state index contributed by atoms with van der Waals surface area (Å²) in [5.74, 6) is -0.140. The molecule has 0 radical (unpaired) electrons. The molecule has 1 aliphatic rings. The fourth-order valence-corrected chi connectivity index (χ4v) is 1.23. The second-order valence-electron chi connectivity index (χ2n) is 3.52. The fourth-order valence-electron chi connectivity index (χ4n) is 1.23. The average molecular weight is 198 g/mol. The van der Waals surface area contributed by atoms with E-state index in [-0.39, 0.29) is 5.97 Å². The van der Waals surface area contributed by atoms with Gasteiger partial charge in [0.2, 0.25) is 0 Å². The Kier molecular flexibility index (Phi) is 4.29. The molecule has 0 aromatic carbocycles. The van der Waals surface area contributed by atoms with E-state index in [1.807, 2.05) is 29.2 Å². The van der Waals surface area contributed by atoms with Crippen molar-refractivity contribution < 1.29 is 9.53 Å². The van der Waals surface area contributed by atoms with Crippen LogP contribution in [0.5, 0.6) is 0 Å². The van der Waals surface area contributed by atoms with Crippen molar-refractivity contribution in [3.63, 3.8) is 0 Å². The van der Waals surface area contributed by atoms with Crippen LogP contribution >= 0.6 is 0 Å². The van der Waals surface area contributed by atoms with Gasteiger partial charge in [0, 0.05) is 19.4 Å². The molecule has 0 amide bonds. The van der Waals surface area contributed by atoms with Gasteiger partial charge in [-0.2, -0.15) is 0 Å². The van der Waals surface area contributed by atoms with Gasteiger partial charge in [-0.05, 0) is 6.42 Å². The predicted molar refractivity (Wildman–Crippen MR) is 54.3 cm³/mol. The first kappa shape index (κ1) is 10.9. The molecule has 0 saturated carbocycles. The highest BCUT2D eigenvalue weighted by Gasteiger charge is 2.12. The van der Waals surface area contributed by atoms with E-state index in [0.717, 1.165) is 19.5 Å². The van der Waals surface area contributed by atoms with Gasteiger partial charge in [0.1, 0.15) is 6.54 Å². The molecule has 0 aromatic heterocycles. The Labute approximate surface area is 85.1 Å².